The van der Waals surface area contributed by atoms with Crippen LogP contribution in [0.3, 0.4) is 0 Å². The summed E-state index contributed by atoms with van der Waals surface area (Å²) in [5.41, 5.74) is 2.09. The zero-order valence-corrected chi connectivity index (χ0v) is 17.0. The quantitative estimate of drug-likeness (QED) is 0.429. The third-order valence-electron chi connectivity index (χ3n) is 4.95. The number of hydrogen-bond donors (Lipinski definition) is 1. The topological polar surface area (TPSA) is 76.9 Å². The van der Waals surface area contributed by atoms with E-state index in [-0.39, 0.29) is 4.90 Å². The van der Waals surface area contributed by atoms with Gasteiger partial charge in [0.1, 0.15) is 5.82 Å². The number of fused-ring (bicyclic) bond motifs is 2. The summed E-state index contributed by atoms with van der Waals surface area (Å²) in [6.45, 7) is 0. The minimum atomic E-state index is -3.68. The zero-order chi connectivity index (χ0) is 21.4. The first kappa shape index (κ1) is 18.9. The predicted molar refractivity (Wildman–Crippen MR) is 122 cm³/mol. The molecular weight excluding hydrogens is 408 g/mol. The molecule has 0 spiro atoms. The van der Waals surface area contributed by atoms with Crippen molar-refractivity contribution in [2.75, 3.05) is 5.32 Å². The van der Waals surface area contributed by atoms with Gasteiger partial charge in [0.05, 0.1) is 15.9 Å². The Morgan fingerprint density at radius 2 is 1.68 bits per heavy atom. The lowest BCUT2D eigenvalue weighted by atomic mass is 10.2. The van der Waals surface area contributed by atoms with Gasteiger partial charge in [0.15, 0.2) is 0 Å². The Bertz CT molecular complexity index is 1580. The van der Waals surface area contributed by atoms with E-state index < -0.39 is 10.0 Å². The van der Waals surface area contributed by atoms with Gasteiger partial charge in [-0.1, -0.05) is 30.3 Å². The molecule has 0 bridgehead atoms. The lowest BCUT2D eigenvalue weighted by Crippen LogP contribution is -2.11. The van der Waals surface area contributed by atoms with Crippen LogP contribution < -0.4 is 5.32 Å². The van der Waals surface area contributed by atoms with E-state index in [2.05, 4.69) is 21.2 Å². The van der Waals surface area contributed by atoms with E-state index in [1.807, 2.05) is 36.4 Å². The summed E-state index contributed by atoms with van der Waals surface area (Å²) >= 11 is 0. The van der Waals surface area contributed by atoms with Crippen LogP contribution in [0.25, 0.3) is 21.8 Å². The maximum absolute atomic E-state index is 13.0. The molecule has 3 aromatic carbocycles. The molecule has 5 aromatic rings. The second-order valence-electron chi connectivity index (χ2n) is 6.89. The third kappa shape index (κ3) is 3.29. The van der Waals surface area contributed by atoms with Crippen LogP contribution in [0.5, 0.6) is 0 Å². The Balaban J connectivity index is 1.56. The maximum atomic E-state index is 13.0. The van der Waals surface area contributed by atoms with Gasteiger partial charge in [0.2, 0.25) is 5.82 Å². The van der Waals surface area contributed by atoms with E-state index in [0.717, 1.165) is 22.0 Å². The molecule has 2 heterocycles. The lowest BCUT2D eigenvalue weighted by molar-refractivity contribution is 0.589. The number of benzene rings is 3. The molecule has 0 amide bonds. The van der Waals surface area contributed by atoms with Crippen molar-refractivity contribution in [1.82, 2.24) is 13.9 Å². The maximum Gasteiger partial charge on any atom is 0.268 e. The van der Waals surface area contributed by atoms with Crippen molar-refractivity contribution in [2.45, 2.75) is 4.90 Å². The Kier molecular flexibility index (Phi) is 4.42. The van der Waals surface area contributed by atoms with Crippen LogP contribution in [-0.4, -0.2) is 22.4 Å². The second-order valence-corrected chi connectivity index (χ2v) is 8.70. The average Bonchev–Trinajstić information content (AvgIpc) is 3.23. The molecule has 31 heavy (non-hydrogen) atoms. The molecule has 0 aliphatic carbocycles. The van der Waals surface area contributed by atoms with Crippen LogP contribution in [0.2, 0.25) is 0 Å². The summed E-state index contributed by atoms with van der Waals surface area (Å²) in [7, 11) is -3.68. The average molecular weight is 424 g/mol. The molecule has 0 fully saturated rings. The van der Waals surface area contributed by atoms with Crippen molar-refractivity contribution in [1.29, 1.82) is 0 Å². The smallest absolute Gasteiger partial charge is 0.268 e. The van der Waals surface area contributed by atoms with E-state index in [1.165, 1.54) is 3.97 Å². The number of rotatable bonds is 4. The molecule has 0 atom stereocenters. The molecular formula is C24H16N4O2S. The Labute approximate surface area is 179 Å². The fourth-order valence-electron chi connectivity index (χ4n) is 3.48. The number of anilines is 2. The fraction of sp³-hybridized carbons (Fsp3) is 0. The van der Waals surface area contributed by atoms with Gasteiger partial charge in [-0.2, -0.15) is 0 Å². The van der Waals surface area contributed by atoms with Crippen molar-refractivity contribution in [3.05, 3.63) is 90.9 Å². The van der Waals surface area contributed by atoms with E-state index in [9.17, 15) is 8.42 Å². The fourth-order valence-corrected chi connectivity index (χ4v) is 4.86. The molecule has 0 aliphatic rings. The highest BCUT2D eigenvalue weighted by molar-refractivity contribution is 7.90. The molecule has 0 saturated carbocycles. The summed E-state index contributed by atoms with van der Waals surface area (Å²) in [6, 6.07) is 23.2. The first-order valence-corrected chi connectivity index (χ1v) is 10.9. The van der Waals surface area contributed by atoms with Gasteiger partial charge in [-0.3, -0.25) is 0 Å². The molecule has 1 N–H and O–H groups in total. The van der Waals surface area contributed by atoms with Crippen molar-refractivity contribution in [3.63, 3.8) is 0 Å². The normalized spacial score (nSPS) is 11.5. The van der Waals surface area contributed by atoms with E-state index >= 15 is 0 Å². The van der Waals surface area contributed by atoms with Gasteiger partial charge in [-0.25, -0.2) is 22.4 Å². The number of nitrogens with zero attached hydrogens (tertiary/aromatic N) is 3. The summed E-state index contributed by atoms with van der Waals surface area (Å²) in [5, 5.41) is 4.90. The van der Waals surface area contributed by atoms with Crippen molar-refractivity contribution >= 4 is 43.3 Å². The number of aromatic nitrogens is 3. The van der Waals surface area contributed by atoms with E-state index in [4.69, 9.17) is 6.42 Å². The van der Waals surface area contributed by atoms with Crippen LogP contribution in [0.15, 0.2) is 90.0 Å². The van der Waals surface area contributed by atoms with Gasteiger partial charge in [0, 0.05) is 22.7 Å². The standard InChI is InChI=1S/C24H16N4O2S/c1-2-23-26-21-11-7-6-10-20(21)24(27-23)25-18-12-13-22-17(16-18)14-15-28(22)31(29,30)19-8-4-3-5-9-19/h1,3-16H,(H,25,26,27). The first-order chi connectivity index (χ1) is 15.1. The number of terminal acetylenes is 1. The summed E-state index contributed by atoms with van der Waals surface area (Å²) < 4.78 is 27.3. The molecule has 150 valence electrons. The van der Waals surface area contributed by atoms with E-state index in [0.29, 0.717) is 17.2 Å². The molecule has 6 nitrogen and oxygen atoms in total. The van der Waals surface area contributed by atoms with Gasteiger partial charge >= 0.3 is 0 Å². The van der Waals surface area contributed by atoms with Crippen molar-refractivity contribution in [2.24, 2.45) is 0 Å². The Morgan fingerprint density at radius 3 is 2.48 bits per heavy atom. The first-order valence-electron chi connectivity index (χ1n) is 9.48. The molecule has 0 aliphatic heterocycles. The lowest BCUT2D eigenvalue weighted by Gasteiger charge is -2.11. The second kappa shape index (κ2) is 7.27. The van der Waals surface area contributed by atoms with Gasteiger partial charge in [-0.05, 0) is 54.5 Å². The van der Waals surface area contributed by atoms with Crippen molar-refractivity contribution in [3.8, 4) is 12.3 Å². The van der Waals surface area contributed by atoms with E-state index in [1.54, 1.807) is 48.7 Å². The summed E-state index contributed by atoms with van der Waals surface area (Å²) in [4.78, 5) is 9.01. The molecule has 0 saturated heterocycles. The molecule has 0 radical (unpaired) electrons. The van der Waals surface area contributed by atoms with Crippen LogP contribution in [0.1, 0.15) is 5.82 Å². The highest BCUT2D eigenvalue weighted by Crippen LogP contribution is 2.28. The number of hydrogen-bond acceptors (Lipinski definition) is 5. The van der Waals surface area contributed by atoms with Gasteiger partial charge in [-0.15, -0.1) is 6.42 Å². The van der Waals surface area contributed by atoms with Crippen molar-refractivity contribution < 1.29 is 8.42 Å². The zero-order valence-electron chi connectivity index (χ0n) is 16.2. The Morgan fingerprint density at radius 1 is 0.903 bits per heavy atom. The monoisotopic (exact) mass is 424 g/mol. The molecule has 2 aromatic heterocycles. The summed E-state index contributed by atoms with van der Waals surface area (Å²) in [6.07, 6.45) is 7.07. The van der Waals surface area contributed by atoms with Crippen LogP contribution in [-0.2, 0) is 10.0 Å². The number of nitrogens with one attached hydrogen (secondary N) is 1. The minimum Gasteiger partial charge on any atom is -0.340 e. The molecule has 5 rings (SSSR count). The highest BCUT2D eigenvalue weighted by Gasteiger charge is 2.18. The third-order valence-corrected chi connectivity index (χ3v) is 6.65. The predicted octanol–water partition coefficient (Wildman–Crippen LogP) is 4.55. The van der Waals surface area contributed by atoms with Crippen LogP contribution in [0.4, 0.5) is 11.5 Å². The molecule has 0 unspecified atom stereocenters. The minimum absolute atomic E-state index is 0.240. The van der Waals surface area contributed by atoms with Gasteiger partial charge in [0.25, 0.3) is 10.0 Å². The Hall–Kier alpha value is -4.15. The largest absolute Gasteiger partial charge is 0.340 e. The SMILES string of the molecule is C#Cc1nc(Nc2ccc3c(ccn3S(=O)(=O)c3ccccc3)c2)c2ccccc2n1. The van der Waals surface area contributed by atoms with Gasteiger partial charge < -0.3 is 5.32 Å². The van der Waals surface area contributed by atoms with Crippen LogP contribution >= 0.6 is 0 Å². The number of para-hydroxylation sites is 1. The summed E-state index contributed by atoms with van der Waals surface area (Å²) in [5.74, 6) is 3.36. The van der Waals surface area contributed by atoms with Crippen LogP contribution in [0, 0.1) is 12.3 Å². The highest BCUT2D eigenvalue weighted by atomic mass is 32.2. The molecule has 7 heteroatoms.